The van der Waals surface area contributed by atoms with Gasteiger partial charge < -0.3 is 4.90 Å². The molecular formula is C16H24N2O3S. The molecule has 5 nitrogen and oxygen atoms in total. The van der Waals surface area contributed by atoms with E-state index < -0.39 is 16.1 Å². The minimum Gasteiger partial charge on any atom is -0.341 e. The lowest BCUT2D eigenvalue weighted by molar-refractivity contribution is -0.131. The zero-order valence-corrected chi connectivity index (χ0v) is 14.1. The Morgan fingerprint density at radius 3 is 2.14 bits per heavy atom. The second-order valence-electron chi connectivity index (χ2n) is 5.81. The standard InChI is InChI=1S/C16H24N2O3S/c1-14(16(19)17-12-8-3-4-9-13-17)18(22(2,20)21)15-10-6-5-7-11-15/h5-7,10-11,14H,3-4,8-9,12-13H2,1-2H3. The third-order valence-corrected chi connectivity index (χ3v) is 5.24. The second kappa shape index (κ2) is 7.13. The first-order valence-electron chi connectivity index (χ1n) is 7.74. The molecule has 0 spiro atoms. The molecule has 1 aromatic carbocycles. The first-order valence-corrected chi connectivity index (χ1v) is 9.59. The van der Waals surface area contributed by atoms with Crippen molar-refractivity contribution < 1.29 is 13.2 Å². The molecule has 122 valence electrons. The molecule has 2 rings (SSSR count). The molecule has 22 heavy (non-hydrogen) atoms. The van der Waals surface area contributed by atoms with E-state index in [1.807, 2.05) is 6.07 Å². The maximum absolute atomic E-state index is 12.7. The Morgan fingerprint density at radius 2 is 1.64 bits per heavy atom. The molecule has 0 aliphatic carbocycles. The van der Waals surface area contributed by atoms with Crippen molar-refractivity contribution in [2.45, 2.75) is 38.6 Å². The number of nitrogens with zero attached hydrogens (tertiary/aromatic N) is 2. The highest BCUT2D eigenvalue weighted by Gasteiger charge is 2.31. The summed E-state index contributed by atoms with van der Waals surface area (Å²) in [7, 11) is -3.52. The highest BCUT2D eigenvalue weighted by Crippen LogP contribution is 2.22. The number of para-hydroxylation sites is 1. The van der Waals surface area contributed by atoms with Crippen LogP contribution in [-0.2, 0) is 14.8 Å². The summed E-state index contributed by atoms with van der Waals surface area (Å²) in [6.07, 6.45) is 5.39. The molecule has 0 radical (unpaired) electrons. The fraction of sp³-hybridized carbons (Fsp3) is 0.562. The van der Waals surface area contributed by atoms with Gasteiger partial charge in [0, 0.05) is 13.1 Å². The monoisotopic (exact) mass is 324 g/mol. The highest BCUT2D eigenvalue weighted by molar-refractivity contribution is 7.92. The number of benzene rings is 1. The number of hydrogen-bond donors (Lipinski definition) is 0. The first-order chi connectivity index (χ1) is 10.4. The van der Waals surface area contributed by atoms with Crippen molar-refractivity contribution >= 4 is 21.6 Å². The Bertz CT molecular complexity index is 593. The fourth-order valence-corrected chi connectivity index (χ4v) is 4.10. The summed E-state index contributed by atoms with van der Waals surface area (Å²) in [5.74, 6) is -0.115. The van der Waals surface area contributed by atoms with Crippen molar-refractivity contribution in [2.24, 2.45) is 0 Å². The molecule has 1 unspecified atom stereocenters. The van der Waals surface area contributed by atoms with E-state index in [0.29, 0.717) is 5.69 Å². The molecule has 0 bridgehead atoms. The van der Waals surface area contributed by atoms with Crippen LogP contribution in [-0.4, -0.2) is 44.6 Å². The summed E-state index contributed by atoms with van der Waals surface area (Å²) < 4.78 is 25.6. The van der Waals surface area contributed by atoms with E-state index in [9.17, 15) is 13.2 Å². The molecule has 1 saturated heterocycles. The van der Waals surface area contributed by atoms with Crippen LogP contribution in [0.25, 0.3) is 0 Å². The van der Waals surface area contributed by atoms with Crippen LogP contribution in [0, 0.1) is 0 Å². The third kappa shape index (κ3) is 4.00. The summed E-state index contributed by atoms with van der Waals surface area (Å²) >= 11 is 0. The number of rotatable bonds is 4. The molecule has 1 heterocycles. The molecular weight excluding hydrogens is 300 g/mol. The quantitative estimate of drug-likeness (QED) is 0.853. The SMILES string of the molecule is CC(C(=O)N1CCCCCC1)N(c1ccccc1)S(C)(=O)=O. The molecule has 1 aliphatic rings. The van der Waals surface area contributed by atoms with E-state index in [2.05, 4.69) is 0 Å². The van der Waals surface area contributed by atoms with Crippen LogP contribution in [0.15, 0.2) is 30.3 Å². The van der Waals surface area contributed by atoms with Crippen LogP contribution in [0.4, 0.5) is 5.69 Å². The number of hydrogen-bond acceptors (Lipinski definition) is 3. The van der Waals surface area contributed by atoms with Gasteiger partial charge in [-0.1, -0.05) is 31.0 Å². The van der Waals surface area contributed by atoms with Crippen molar-refractivity contribution in [3.8, 4) is 0 Å². The average molecular weight is 324 g/mol. The molecule has 0 aromatic heterocycles. The summed E-state index contributed by atoms with van der Waals surface area (Å²) in [4.78, 5) is 14.5. The zero-order chi connectivity index (χ0) is 16.2. The molecule has 1 fully saturated rings. The van der Waals surface area contributed by atoms with Gasteiger partial charge in [-0.2, -0.15) is 0 Å². The lowest BCUT2D eigenvalue weighted by Crippen LogP contribution is -2.49. The fourth-order valence-electron chi connectivity index (χ4n) is 2.93. The maximum Gasteiger partial charge on any atom is 0.246 e. The predicted molar refractivity (Wildman–Crippen MR) is 88.3 cm³/mol. The molecule has 1 aromatic rings. The number of sulfonamides is 1. The Hall–Kier alpha value is -1.56. The summed E-state index contributed by atoms with van der Waals surface area (Å²) in [5, 5.41) is 0. The normalized spacial score (nSPS) is 17.6. The van der Waals surface area contributed by atoms with Crippen molar-refractivity contribution in [1.82, 2.24) is 4.90 Å². The summed E-state index contributed by atoms with van der Waals surface area (Å²) in [6, 6.07) is 8.08. The van der Waals surface area contributed by atoms with Gasteiger partial charge in [0.05, 0.1) is 11.9 Å². The van der Waals surface area contributed by atoms with Gasteiger partial charge in [0.25, 0.3) is 0 Å². The van der Waals surface area contributed by atoms with Gasteiger partial charge in [-0.15, -0.1) is 0 Å². The van der Waals surface area contributed by atoms with Gasteiger partial charge in [0.2, 0.25) is 15.9 Å². The van der Waals surface area contributed by atoms with Crippen LogP contribution in [0.1, 0.15) is 32.6 Å². The summed E-state index contributed by atoms with van der Waals surface area (Å²) in [5.41, 5.74) is 0.528. The predicted octanol–water partition coefficient (Wildman–Crippen LogP) is 2.24. The number of likely N-dealkylation sites (tertiary alicyclic amines) is 1. The lowest BCUT2D eigenvalue weighted by atomic mass is 10.2. The molecule has 1 aliphatic heterocycles. The van der Waals surface area contributed by atoms with Gasteiger partial charge in [0.15, 0.2) is 0 Å². The van der Waals surface area contributed by atoms with Gasteiger partial charge >= 0.3 is 0 Å². The third-order valence-electron chi connectivity index (χ3n) is 3.99. The van der Waals surface area contributed by atoms with Gasteiger partial charge in [0.1, 0.15) is 6.04 Å². The second-order valence-corrected chi connectivity index (χ2v) is 7.67. The molecule has 0 N–H and O–H groups in total. The van der Waals surface area contributed by atoms with Crippen LogP contribution in [0.5, 0.6) is 0 Å². The Kier molecular flexibility index (Phi) is 5.45. The van der Waals surface area contributed by atoms with Crippen LogP contribution >= 0.6 is 0 Å². The van der Waals surface area contributed by atoms with E-state index >= 15 is 0 Å². The molecule has 1 amide bonds. The number of carbonyl (C=O) groups excluding carboxylic acids is 1. The van der Waals surface area contributed by atoms with Gasteiger partial charge in [-0.05, 0) is 31.9 Å². The molecule has 0 saturated carbocycles. The van der Waals surface area contributed by atoms with Crippen molar-refractivity contribution in [2.75, 3.05) is 23.7 Å². The minimum absolute atomic E-state index is 0.115. The van der Waals surface area contributed by atoms with Gasteiger partial charge in [-0.3, -0.25) is 9.10 Å². The largest absolute Gasteiger partial charge is 0.341 e. The number of carbonyl (C=O) groups is 1. The van der Waals surface area contributed by atoms with E-state index in [-0.39, 0.29) is 5.91 Å². The average Bonchev–Trinajstić information content (AvgIpc) is 2.75. The van der Waals surface area contributed by atoms with Gasteiger partial charge in [-0.25, -0.2) is 8.42 Å². The molecule has 6 heteroatoms. The Labute approximate surface area is 133 Å². The summed E-state index contributed by atoms with van der Waals surface area (Å²) in [6.45, 7) is 3.10. The van der Waals surface area contributed by atoms with E-state index in [4.69, 9.17) is 0 Å². The van der Waals surface area contributed by atoms with Crippen molar-refractivity contribution in [3.05, 3.63) is 30.3 Å². The van der Waals surface area contributed by atoms with E-state index in [0.717, 1.165) is 45.0 Å². The van der Waals surface area contributed by atoms with Crippen LogP contribution < -0.4 is 4.31 Å². The number of anilines is 1. The number of amides is 1. The smallest absolute Gasteiger partial charge is 0.246 e. The van der Waals surface area contributed by atoms with E-state index in [1.54, 1.807) is 36.1 Å². The van der Waals surface area contributed by atoms with Crippen LogP contribution in [0.2, 0.25) is 0 Å². The van der Waals surface area contributed by atoms with E-state index in [1.165, 1.54) is 4.31 Å². The highest BCUT2D eigenvalue weighted by atomic mass is 32.2. The Morgan fingerprint density at radius 1 is 1.09 bits per heavy atom. The van der Waals surface area contributed by atoms with Crippen LogP contribution in [0.3, 0.4) is 0 Å². The minimum atomic E-state index is -3.52. The lowest BCUT2D eigenvalue weighted by Gasteiger charge is -2.32. The van der Waals surface area contributed by atoms with Crippen molar-refractivity contribution in [1.29, 1.82) is 0 Å². The topological polar surface area (TPSA) is 57.7 Å². The first kappa shape index (κ1) is 16.8. The Balaban J connectivity index is 2.25. The van der Waals surface area contributed by atoms with Crippen molar-refractivity contribution in [3.63, 3.8) is 0 Å². The zero-order valence-electron chi connectivity index (χ0n) is 13.2. The molecule has 1 atom stereocenters. The maximum atomic E-state index is 12.7.